The molecule has 30 heavy (non-hydrogen) atoms. The highest BCUT2D eigenvalue weighted by atomic mass is 19.1. The van der Waals surface area contributed by atoms with Gasteiger partial charge in [-0.2, -0.15) is 0 Å². The number of rotatable bonds is 10. The van der Waals surface area contributed by atoms with E-state index in [0.29, 0.717) is 49.1 Å². The third-order valence-corrected chi connectivity index (χ3v) is 7.16. The molecule has 1 amide bonds. The second kappa shape index (κ2) is 10.7. The van der Waals surface area contributed by atoms with Gasteiger partial charge in [-0.1, -0.05) is 24.6 Å². The van der Waals surface area contributed by atoms with Crippen molar-refractivity contribution in [2.75, 3.05) is 13.1 Å². The standard InChI is InChI=1S/C25H42FN3O/c1-18(2)28(19(3)4)16-14-25(24(27)30,22-12-7-8-13-23(22)26)15-17-29-20(5)10-9-11-21(29)6/h7-8,12-13,18-21H,9-11,14-17H2,1-6H3,(H2,27,30). The Morgan fingerprint density at radius 3 is 2.20 bits per heavy atom. The van der Waals surface area contributed by atoms with Gasteiger partial charge in [0.15, 0.2) is 0 Å². The molecule has 0 spiro atoms. The van der Waals surface area contributed by atoms with Crippen LogP contribution in [-0.4, -0.2) is 53.0 Å². The molecule has 170 valence electrons. The lowest BCUT2D eigenvalue weighted by atomic mass is 9.73. The van der Waals surface area contributed by atoms with E-state index in [-0.39, 0.29) is 5.82 Å². The molecule has 1 aromatic rings. The number of hydrogen-bond donors (Lipinski definition) is 1. The molecule has 0 radical (unpaired) electrons. The predicted molar refractivity (Wildman–Crippen MR) is 123 cm³/mol. The molecule has 1 aliphatic rings. The van der Waals surface area contributed by atoms with E-state index >= 15 is 0 Å². The van der Waals surface area contributed by atoms with Crippen LogP contribution in [0.5, 0.6) is 0 Å². The largest absolute Gasteiger partial charge is 0.369 e. The average molecular weight is 420 g/mol. The van der Waals surface area contributed by atoms with Crippen molar-refractivity contribution in [3.63, 3.8) is 0 Å². The second-order valence-electron chi connectivity index (χ2n) is 9.72. The summed E-state index contributed by atoms with van der Waals surface area (Å²) in [5, 5.41) is 0. The normalized spacial score (nSPS) is 22.6. The number of benzene rings is 1. The summed E-state index contributed by atoms with van der Waals surface area (Å²) in [6.45, 7) is 14.6. The second-order valence-corrected chi connectivity index (χ2v) is 9.72. The van der Waals surface area contributed by atoms with E-state index in [4.69, 9.17) is 5.73 Å². The fourth-order valence-corrected chi connectivity index (χ4v) is 5.29. The zero-order valence-electron chi connectivity index (χ0n) is 19.8. The van der Waals surface area contributed by atoms with Gasteiger partial charge in [0.1, 0.15) is 5.82 Å². The van der Waals surface area contributed by atoms with Gasteiger partial charge in [0.25, 0.3) is 0 Å². The van der Waals surface area contributed by atoms with E-state index in [1.165, 1.54) is 25.3 Å². The summed E-state index contributed by atoms with van der Waals surface area (Å²) in [7, 11) is 0. The molecule has 0 bridgehead atoms. The molecule has 1 fully saturated rings. The Balaban J connectivity index is 2.37. The Labute approximate surface area is 183 Å². The van der Waals surface area contributed by atoms with Crippen molar-refractivity contribution in [2.24, 2.45) is 5.73 Å². The van der Waals surface area contributed by atoms with Gasteiger partial charge in [0, 0.05) is 42.8 Å². The zero-order valence-corrected chi connectivity index (χ0v) is 19.8. The van der Waals surface area contributed by atoms with Crippen LogP contribution in [0.1, 0.15) is 79.2 Å². The summed E-state index contributed by atoms with van der Waals surface area (Å²) in [6.07, 6.45) is 4.65. The maximum absolute atomic E-state index is 15.0. The van der Waals surface area contributed by atoms with Gasteiger partial charge in [-0.05, 0) is 73.3 Å². The van der Waals surface area contributed by atoms with Crippen molar-refractivity contribution in [2.45, 2.75) is 103 Å². The van der Waals surface area contributed by atoms with Crippen LogP contribution < -0.4 is 5.73 Å². The molecule has 1 aromatic carbocycles. The lowest BCUT2D eigenvalue weighted by Crippen LogP contribution is -2.51. The van der Waals surface area contributed by atoms with E-state index in [1.54, 1.807) is 12.1 Å². The van der Waals surface area contributed by atoms with Gasteiger partial charge >= 0.3 is 0 Å². The molecule has 0 saturated carbocycles. The molecule has 1 aliphatic heterocycles. The number of likely N-dealkylation sites (tertiary alicyclic amines) is 1. The first kappa shape index (κ1) is 24.8. The lowest BCUT2D eigenvalue weighted by Gasteiger charge is -2.42. The van der Waals surface area contributed by atoms with Crippen molar-refractivity contribution in [3.05, 3.63) is 35.6 Å². The highest BCUT2D eigenvalue weighted by Crippen LogP contribution is 2.36. The van der Waals surface area contributed by atoms with Gasteiger partial charge in [-0.3, -0.25) is 14.6 Å². The summed E-state index contributed by atoms with van der Waals surface area (Å²) in [4.78, 5) is 17.8. The van der Waals surface area contributed by atoms with Crippen LogP contribution in [0.2, 0.25) is 0 Å². The fourth-order valence-electron chi connectivity index (χ4n) is 5.29. The minimum absolute atomic E-state index is 0.336. The van der Waals surface area contributed by atoms with Crippen molar-refractivity contribution in [3.8, 4) is 0 Å². The monoisotopic (exact) mass is 419 g/mol. The Morgan fingerprint density at radius 2 is 1.70 bits per heavy atom. The molecule has 4 nitrogen and oxygen atoms in total. The number of halogens is 1. The third-order valence-electron chi connectivity index (χ3n) is 7.16. The van der Waals surface area contributed by atoms with E-state index in [1.807, 2.05) is 6.07 Å². The van der Waals surface area contributed by atoms with Gasteiger partial charge in [0.2, 0.25) is 5.91 Å². The maximum atomic E-state index is 15.0. The van der Waals surface area contributed by atoms with Crippen LogP contribution in [0.3, 0.4) is 0 Å². The first-order valence-electron chi connectivity index (χ1n) is 11.7. The molecule has 0 aliphatic carbocycles. The molecule has 2 N–H and O–H groups in total. The van der Waals surface area contributed by atoms with Gasteiger partial charge < -0.3 is 5.73 Å². The Hall–Kier alpha value is -1.46. The number of hydrogen-bond acceptors (Lipinski definition) is 3. The van der Waals surface area contributed by atoms with E-state index < -0.39 is 11.3 Å². The summed E-state index contributed by atoms with van der Waals surface area (Å²) in [6, 6.07) is 8.32. The Bertz CT molecular complexity index is 675. The van der Waals surface area contributed by atoms with Crippen LogP contribution in [-0.2, 0) is 10.2 Å². The van der Waals surface area contributed by atoms with Crippen LogP contribution in [0.15, 0.2) is 24.3 Å². The molecule has 5 heteroatoms. The van der Waals surface area contributed by atoms with Crippen molar-refractivity contribution >= 4 is 5.91 Å². The van der Waals surface area contributed by atoms with Crippen molar-refractivity contribution in [1.82, 2.24) is 9.80 Å². The highest BCUT2D eigenvalue weighted by Gasteiger charge is 2.42. The van der Waals surface area contributed by atoms with Gasteiger partial charge in [0.05, 0.1) is 5.41 Å². The number of nitrogens with two attached hydrogens (primary N) is 1. The third kappa shape index (κ3) is 5.61. The SMILES string of the molecule is CC(C)N(CCC(CCN1C(C)CCCC1C)(C(N)=O)c1ccccc1F)C(C)C. The van der Waals surface area contributed by atoms with E-state index in [2.05, 4.69) is 51.3 Å². The molecule has 1 saturated heterocycles. The number of nitrogens with zero attached hydrogens (tertiary/aromatic N) is 2. The predicted octanol–water partition coefficient (Wildman–Crippen LogP) is 4.71. The van der Waals surface area contributed by atoms with E-state index in [0.717, 1.165) is 6.54 Å². The smallest absolute Gasteiger partial charge is 0.228 e. The zero-order chi connectivity index (χ0) is 22.5. The summed E-state index contributed by atoms with van der Waals surface area (Å²) in [5.41, 5.74) is 5.49. The maximum Gasteiger partial charge on any atom is 0.228 e. The molecule has 0 aromatic heterocycles. The lowest BCUT2D eigenvalue weighted by molar-refractivity contribution is -0.124. The number of primary amides is 1. The molecule has 3 unspecified atom stereocenters. The molecular weight excluding hydrogens is 377 g/mol. The average Bonchev–Trinajstić information content (AvgIpc) is 2.66. The molecule has 2 rings (SSSR count). The number of piperidine rings is 1. The minimum Gasteiger partial charge on any atom is -0.369 e. The number of carbonyl (C=O) groups excluding carboxylic acids is 1. The van der Waals surface area contributed by atoms with Crippen molar-refractivity contribution in [1.29, 1.82) is 0 Å². The van der Waals surface area contributed by atoms with E-state index in [9.17, 15) is 9.18 Å². The summed E-state index contributed by atoms with van der Waals surface area (Å²) >= 11 is 0. The van der Waals surface area contributed by atoms with Gasteiger partial charge in [-0.15, -0.1) is 0 Å². The molecule has 3 atom stereocenters. The van der Waals surface area contributed by atoms with Crippen molar-refractivity contribution < 1.29 is 9.18 Å². The first-order chi connectivity index (χ1) is 14.1. The first-order valence-corrected chi connectivity index (χ1v) is 11.7. The highest BCUT2D eigenvalue weighted by molar-refractivity contribution is 5.86. The Morgan fingerprint density at radius 1 is 1.13 bits per heavy atom. The number of amides is 1. The molecular formula is C25H42FN3O. The summed E-state index contributed by atoms with van der Waals surface area (Å²) < 4.78 is 15.0. The Kier molecular flexibility index (Phi) is 8.86. The minimum atomic E-state index is -1.01. The fraction of sp³-hybridized carbons (Fsp3) is 0.720. The summed E-state index contributed by atoms with van der Waals surface area (Å²) in [5.74, 6) is -0.755. The van der Waals surface area contributed by atoms with Crippen LogP contribution in [0.25, 0.3) is 0 Å². The number of carbonyl (C=O) groups is 1. The van der Waals surface area contributed by atoms with Crippen LogP contribution >= 0.6 is 0 Å². The topological polar surface area (TPSA) is 49.6 Å². The van der Waals surface area contributed by atoms with Crippen LogP contribution in [0, 0.1) is 5.82 Å². The van der Waals surface area contributed by atoms with Crippen LogP contribution in [0.4, 0.5) is 4.39 Å². The van der Waals surface area contributed by atoms with Gasteiger partial charge in [-0.25, -0.2) is 4.39 Å². The quantitative estimate of drug-likeness (QED) is 0.597. The molecule has 1 heterocycles.